The molecule has 0 unspecified atom stereocenters. The van der Waals surface area contributed by atoms with E-state index in [1.165, 1.54) is 6.07 Å². The second kappa shape index (κ2) is 8.78. The molecule has 0 radical (unpaired) electrons. The summed E-state index contributed by atoms with van der Waals surface area (Å²) in [7, 11) is -3.90. The molecule has 2 N–H and O–H groups in total. The average molecular weight is 482 g/mol. The van der Waals surface area contributed by atoms with Gasteiger partial charge in [0.15, 0.2) is 0 Å². The van der Waals surface area contributed by atoms with Gasteiger partial charge in [-0.1, -0.05) is 65.3 Å². The molecule has 2 aromatic carbocycles. The predicted molar refractivity (Wildman–Crippen MR) is 113 cm³/mol. The Kier molecular flexibility index (Phi) is 6.80. The lowest BCUT2D eigenvalue weighted by Gasteiger charge is -2.15. The number of sulfonamides is 1. The van der Waals surface area contributed by atoms with Crippen LogP contribution in [-0.2, 0) is 10.0 Å². The highest BCUT2D eigenvalue weighted by Gasteiger charge is 2.27. The van der Waals surface area contributed by atoms with Crippen molar-refractivity contribution in [1.82, 2.24) is 4.72 Å². The van der Waals surface area contributed by atoms with Crippen molar-refractivity contribution in [3.8, 4) is 0 Å². The first-order valence-electron chi connectivity index (χ1n) is 8.46. The van der Waals surface area contributed by atoms with E-state index in [0.29, 0.717) is 0 Å². The van der Waals surface area contributed by atoms with E-state index in [0.717, 1.165) is 31.7 Å². The van der Waals surface area contributed by atoms with Crippen LogP contribution < -0.4 is 10.0 Å². The minimum absolute atomic E-state index is 0.0143. The number of benzene rings is 2. The fourth-order valence-corrected chi connectivity index (χ4v) is 5.54. The Hall–Kier alpha value is -1.02. The number of halogens is 4. The first-order valence-corrected chi connectivity index (χ1v) is 11.5. The van der Waals surface area contributed by atoms with Crippen LogP contribution in [0.1, 0.15) is 36.0 Å². The number of anilines is 1. The molecule has 0 spiro atoms. The van der Waals surface area contributed by atoms with Gasteiger partial charge in [-0.05, 0) is 37.1 Å². The Bertz CT molecular complexity index is 1020. The fourth-order valence-electron chi connectivity index (χ4n) is 3.03. The average Bonchev–Trinajstić information content (AvgIpc) is 3.10. The van der Waals surface area contributed by atoms with E-state index in [-0.39, 0.29) is 42.3 Å². The summed E-state index contributed by atoms with van der Waals surface area (Å²) in [6, 6.07) is 7.02. The monoisotopic (exact) mass is 480 g/mol. The Morgan fingerprint density at radius 2 is 1.64 bits per heavy atom. The Morgan fingerprint density at radius 1 is 0.964 bits per heavy atom. The zero-order chi connectivity index (χ0) is 20.5. The van der Waals surface area contributed by atoms with Crippen molar-refractivity contribution in [1.29, 1.82) is 0 Å². The molecule has 1 aliphatic carbocycles. The van der Waals surface area contributed by atoms with Crippen molar-refractivity contribution >= 4 is 68.0 Å². The molecule has 0 aliphatic heterocycles. The lowest BCUT2D eigenvalue weighted by Crippen LogP contribution is -2.33. The Morgan fingerprint density at radius 3 is 2.32 bits per heavy atom. The molecule has 10 heteroatoms. The van der Waals surface area contributed by atoms with Crippen molar-refractivity contribution in [2.24, 2.45) is 0 Å². The Labute approximate surface area is 183 Å². The molecule has 1 amide bonds. The molecule has 1 aliphatic rings. The zero-order valence-corrected chi connectivity index (χ0v) is 18.3. The number of nitrogens with one attached hydrogen (secondary N) is 2. The van der Waals surface area contributed by atoms with E-state index in [1.807, 2.05) is 0 Å². The first-order chi connectivity index (χ1) is 13.2. The Balaban J connectivity index is 1.92. The zero-order valence-electron chi connectivity index (χ0n) is 14.4. The molecule has 0 atom stereocenters. The highest BCUT2D eigenvalue weighted by Crippen LogP contribution is 2.33. The third-order valence-electron chi connectivity index (χ3n) is 4.43. The molecule has 150 valence electrons. The summed E-state index contributed by atoms with van der Waals surface area (Å²) in [6.45, 7) is 0. The summed E-state index contributed by atoms with van der Waals surface area (Å²) in [4.78, 5) is 12.5. The maximum Gasteiger partial charge on any atom is 0.257 e. The molecular formula is C18H16Cl4N2O3S. The van der Waals surface area contributed by atoms with Gasteiger partial charge in [-0.2, -0.15) is 0 Å². The molecule has 5 nitrogen and oxygen atoms in total. The smallest absolute Gasteiger partial charge is 0.257 e. The maximum absolute atomic E-state index is 12.7. The van der Waals surface area contributed by atoms with Crippen LogP contribution in [0, 0.1) is 0 Å². The summed E-state index contributed by atoms with van der Waals surface area (Å²) >= 11 is 24.3. The molecule has 0 bridgehead atoms. The lowest BCUT2D eigenvalue weighted by atomic mass is 10.2. The SMILES string of the molecule is O=C(Nc1cccc(Cl)c1Cl)c1cc(S(=O)(=O)NC2CCCC2)c(Cl)cc1Cl. The summed E-state index contributed by atoms with van der Waals surface area (Å²) in [5.41, 5.74) is 0.229. The van der Waals surface area contributed by atoms with Gasteiger partial charge in [0.25, 0.3) is 5.91 Å². The first kappa shape index (κ1) is 21.7. The number of carbonyl (C=O) groups excluding carboxylic acids is 1. The normalized spacial score (nSPS) is 15.0. The van der Waals surface area contributed by atoms with E-state index in [2.05, 4.69) is 10.0 Å². The van der Waals surface area contributed by atoms with Crippen LogP contribution in [0.25, 0.3) is 0 Å². The topological polar surface area (TPSA) is 75.3 Å². The molecular weight excluding hydrogens is 466 g/mol. The summed E-state index contributed by atoms with van der Waals surface area (Å²) < 4.78 is 28.1. The number of rotatable bonds is 5. The highest BCUT2D eigenvalue weighted by atomic mass is 35.5. The van der Waals surface area contributed by atoms with Gasteiger partial charge in [-0.15, -0.1) is 0 Å². The van der Waals surface area contributed by atoms with Gasteiger partial charge in [-0.3, -0.25) is 4.79 Å². The third kappa shape index (κ3) is 4.75. The van der Waals surface area contributed by atoms with Crippen LogP contribution in [0.3, 0.4) is 0 Å². The second-order valence-corrected chi connectivity index (χ2v) is 9.70. The molecule has 0 saturated heterocycles. The molecule has 3 rings (SSSR count). The van der Waals surface area contributed by atoms with Crippen molar-refractivity contribution in [3.63, 3.8) is 0 Å². The van der Waals surface area contributed by atoms with Gasteiger partial charge in [0, 0.05) is 6.04 Å². The quantitative estimate of drug-likeness (QED) is 0.568. The van der Waals surface area contributed by atoms with Gasteiger partial charge in [0.05, 0.1) is 31.3 Å². The summed E-state index contributed by atoms with van der Waals surface area (Å²) in [5.74, 6) is -0.636. The van der Waals surface area contributed by atoms with Crippen LogP contribution >= 0.6 is 46.4 Å². The third-order valence-corrected chi connectivity index (χ3v) is 7.55. The minimum atomic E-state index is -3.90. The van der Waals surface area contributed by atoms with Crippen molar-refractivity contribution in [2.45, 2.75) is 36.6 Å². The van der Waals surface area contributed by atoms with Crippen LogP contribution in [0.15, 0.2) is 35.2 Å². The summed E-state index contributed by atoms with van der Waals surface area (Å²) in [6.07, 6.45) is 3.47. The van der Waals surface area contributed by atoms with E-state index in [4.69, 9.17) is 46.4 Å². The molecule has 1 saturated carbocycles. The van der Waals surface area contributed by atoms with Crippen LogP contribution in [0.2, 0.25) is 20.1 Å². The molecule has 1 fully saturated rings. The number of hydrogen-bond donors (Lipinski definition) is 2. The number of amides is 1. The van der Waals surface area contributed by atoms with Crippen LogP contribution in [0.5, 0.6) is 0 Å². The van der Waals surface area contributed by atoms with Crippen molar-refractivity contribution < 1.29 is 13.2 Å². The molecule has 0 heterocycles. The van der Waals surface area contributed by atoms with Crippen molar-refractivity contribution in [3.05, 3.63) is 56.0 Å². The number of carbonyl (C=O) groups is 1. The van der Waals surface area contributed by atoms with E-state index in [1.54, 1.807) is 18.2 Å². The van der Waals surface area contributed by atoms with Gasteiger partial charge >= 0.3 is 0 Å². The van der Waals surface area contributed by atoms with Crippen molar-refractivity contribution in [2.75, 3.05) is 5.32 Å². The second-order valence-electron chi connectivity index (χ2n) is 6.42. The van der Waals surface area contributed by atoms with Gasteiger partial charge in [-0.25, -0.2) is 13.1 Å². The van der Waals surface area contributed by atoms with Gasteiger partial charge in [0.1, 0.15) is 4.90 Å². The fraction of sp³-hybridized carbons (Fsp3) is 0.278. The van der Waals surface area contributed by atoms with E-state index < -0.39 is 15.9 Å². The highest BCUT2D eigenvalue weighted by molar-refractivity contribution is 7.89. The molecule has 2 aromatic rings. The predicted octanol–water partition coefficient (Wildman–Crippen LogP) is 5.77. The van der Waals surface area contributed by atoms with E-state index in [9.17, 15) is 13.2 Å². The van der Waals surface area contributed by atoms with E-state index >= 15 is 0 Å². The standard InChI is InChI=1S/C18H16Cl4N2O3S/c19-12-6-3-7-15(17(12)22)23-18(25)11-8-16(14(21)9-13(11)20)28(26,27)24-10-4-1-2-5-10/h3,6-10,24H,1-2,4-5H2,(H,23,25). The van der Waals surface area contributed by atoms with Gasteiger partial charge < -0.3 is 5.32 Å². The lowest BCUT2D eigenvalue weighted by molar-refractivity contribution is 0.102. The minimum Gasteiger partial charge on any atom is -0.321 e. The molecule has 28 heavy (non-hydrogen) atoms. The summed E-state index contributed by atoms with van der Waals surface area (Å²) in [5, 5.41) is 2.97. The maximum atomic E-state index is 12.7. The molecule has 0 aromatic heterocycles. The van der Waals surface area contributed by atoms with Crippen LogP contribution in [-0.4, -0.2) is 20.4 Å². The van der Waals surface area contributed by atoms with Crippen LogP contribution in [0.4, 0.5) is 5.69 Å². The van der Waals surface area contributed by atoms with Gasteiger partial charge in [0.2, 0.25) is 10.0 Å². The largest absolute Gasteiger partial charge is 0.321 e. The number of hydrogen-bond acceptors (Lipinski definition) is 3.